The molecule has 0 saturated carbocycles. The number of nitrogens with two attached hydrogens (primary N) is 1. The number of rotatable bonds is 7. The minimum atomic E-state index is 0.588. The Morgan fingerprint density at radius 3 is 2.67 bits per heavy atom. The van der Waals surface area contributed by atoms with Crippen molar-refractivity contribution in [3.8, 4) is 0 Å². The Bertz CT molecular complexity index is 398. The molecule has 5 heteroatoms. The molecule has 0 amide bonds. The molecule has 2 N–H and O–H groups in total. The lowest BCUT2D eigenvalue weighted by molar-refractivity contribution is 0.237. The first-order chi connectivity index (χ1) is 8.38. The van der Waals surface area contributed by atoms with E-state index in [-0.39, 0.29) is 0 Å². The minimum Gasteiger partial charge on any atom is -0.393 e. The summed E-state index contributed by atoms with van der Waals surface area (Å²) in [6, 6.07) is 2.13. The van der Waals surface area contributed by atoms with E-state index < -0.39 is 0 Å². The van der Waals surface area contributed by atoms with Gasteiger partial charge in [-0.2, -0.15) is 5.10 Å². The van der Waals surface area contributed by atoms with E-state index in [0.717, 1.165) is 31.7 Å². The maximum Gasteiger partial charge on any atom is 0.0740 e. The summed E-state index contributed by atoms with van der Waals surface area (Å²) in [4.78, 5) is 2.98. The van der Waals surface area contributed by atoms with Crippen LogP contribution >= 0.6 is 12.2 Å². The van der Waals surface area contributed by atoms with E-state index in [1.165, 1.54) is 5.69 Å². The van der Waals surface area contributed by atoms with Crippen molar-refractivity contribution < 1.29 is 0 Å². The van der Waals surface area contributed by atoms with Crippen molar-refractivity contribution in [1.82, 2.24) is 14.7 Å². The molecule has 0 bridgehead atoms. The smallest absolute Gasteiger partial charge is 0.0740 e. The molecule has 0 radical (unpaired) electrons. The lowest BCUT2D eigenvalue weighted by Gasteiger charge is -2.24. The summed E-state index contributed by atoms with van der Waals surface area (Å²) in [5, 5.41) is 4.38. The van der Waals surface area contributed by atoms with Crippen LogP contribution in [0.5, 0.6) is 0 Å². The average molecular weight is 268 g/mol. The van der Waals surface area contributed by atoms with Crippen LogP contribution in [0.15, 0.2) is 6.07 Å². The summed E-state index contributed by atoms with van der Waals surface area (Å²) in [5.41, 5.74) is 7.88. The van der Waals surface area contributed by atoms with Crippen LogP contribution < -0.4 is 5.73 Å². The van der Waals surface area contributed by atoms with Crippen LogP contribution in [0.2, 0.25) is 0 Å². The summed E-state index contributed by atoms with van der Waals surface area (Å²) in [6.07, 6.45) is 0.777. The summed E-state index contributed by atoms with van der Waals surface area (Å²) in [6.45, 7) is 9.33. The fraction of sp³-hybridized carbons (Fsp3) is 0.692. The van der Waals surface area contributed by atoms with Gasteiger partial charge in [-0.1, -0.05) is 26.1 Å². The van der Waals surface area contributed by atoms with Gasteiger partial charge in [0, 0.05) is 33.1 Å². The Morgan fingerprint density at radius 1 is 1.56 bits per heavy atom. The van der Waals surface area contributed by atoms with Gasteiger partial charge < -0.3 is 5.73 Å². The van der Waals surface area contributed by atoms with E-state index >= 15 is 0 Å². The van der Waals surface area contributed by atoms with Crippen LogP contribution in [-0.2, 0) is 13.6 Å². The number of aromatic nitrogens is 2. The molecule has 0 saturated heterocycles. The molecule has 0 fully saturated rings. The van der Waals surface area contributed by atoms with Crippen LogP contribution in [0.1, 0.15) is 31.7 Å². The average Bonchev–Trinajstić information content (AvgIpc) is 2.53. The Kier molecular flexibility index (Phi) is 5.75. The quantitative estimate of drug-likeness (QED) is 0.767. The first kappa shape index (κ1) is 15.1. The van der Waals surface area contributed by atoms with Crippen LogP contribution in [0.25, 0.3) is 0 Å². The number of nitrogens with zero attached hydrogens (tertiary/aromatic N) is 3. The van der Waals surface area contributed by atoms with Gasteiger partial charge in [0.15, 0.2) is 0 Å². The third kappa shape index (κ3) is 5.14. The Labute approximate surface area is 115 Å². The largest absolute Gasteiger partial charge is 0.393 e. The normalized spacial score (nSPS) is 11.4. The van der Waals surface area contributed by atoms with Crippen LogP contribution in [0.4, 0.5) is 0 Å². The topological polar surface area (TPSA) is 47.1 Å². The highest BCUT2D eigenvalue weighted by Crippen LogP contribution is 2.09. The summed E-state index contributed by atoms with van der Waals surface area (Å²) in [7, 11) is 1.99. The third-order valence-electron chi connectivity index (χ3n) is 2.78. The Balaban J connectivity index is 2.65. The lowest BCUT2D eigenvalue weighted by Crippen LogP contribution is -2.31. The van der Waals surface area contributed by atoms with E-state index in [2.05, 4.69) is 29.9 Å². The molecule has 0 spiro atoms. The maximum absolute atomic E-state index is 5.59. The molecule has 0 aliphatic heterocycles. The van der Waals surface area contributed by atoms with E-state index in [4.69, 9.17) is 18.0 Å². The van der Waals surface area contributed by atoms with Crippen molar-refractivity contribution in [2.75, 3.05) is 13.1 Å². The van der Waals surface area contributed by atoms with E-state index in [9.17, 15) is 0 Å². The van der Waals surface area contributed by atoms with Crippen molar-refractivity contribution in [2.45, 2.75) is 33.7 Å². The number of thiocarbonyl (C=S) groups is 1. The van der Waals surface area contributed by atoms with Crippen LogP contribution in [-0.4, -0.2) is 32.8 Å². The van der Waals surface area contributed by atoms with Crippen molar-refractivity contribution >= 4 is 17.2 Å². The van der Waals surface area contributed by atoms with Crippen molar-refractivity contribution in [1.29, 1.82) is 0 Å². The molecule has 0 aromatic carbocycles. The minimum absolute atomic E-state index is 0.588. The van der Waals surface area contributed by atoms with E-state index in [1.54, 1.807) is 0 Å². The molecular formula is C13H24N4S. The number of aryl methyl sites for hydroxylation is 2. The zero-order chi connectivity index (χ0) is 13.7. The fourth-order valence-corrected chi connectivity index (χ4v) is 2.15. The predicted octanol–water partition coefficient (Wildman–Crippen LogP) is 1.86. The van der Waals surface area contributed by atoms with Gasteiger partial charge in [0.1, 0.15) is 0 Å². The highest BCUT2D eigenvalue weighted by atomic mass is 32.1. The zero-order valence-electron chi connectivity index (χ0n) is 11.8. The Hall–Kier alpha value is -0.940. The second-order valence-corrected chi connectivity index (χ2v) is 5.77. The number of hydrogen-bond donors (Lipinski definition) is 1. The van der Waals surface area contributed by atoms with Gasteiger partial charge in [0.05, 0.1) is 16.4 Å². The van der Waals surface area contributed by atoms with Crippen molar-refractivity contribution in [2.24, 2.45) is 18.7 Å². The van der Waals surface area contributed by atoms with Crippen LogP contribution in [0, 0.1) is 12.8 Å². The standard InChI is InChI=1S/C13H24N4S/c1-10(2)8-17(6-5-13(14)18)9-12-7-11(3)15-16(12)4/h7,10H,5-6,8-9H2,1-4H3,(H2,14,18). The second-order valence-electron chi connectivity index (χ2n) is 5.25. The van der Waals surface area contributed by atoms with Gasteiger partial charge in [-0.3, -0.25) is 9.58 Å². The first-order valence-electron chi connectivity index (χ1n) is 6.38. The maximum atomic E-state index is 5.59. The summed E-state index contributed by atoms with van der Waals surface area (Å²) in [5.74, 6) is 0.630. The SMILES string of the molecule is Cc1cc(CN(CCC(N)=S)CC(C)C)n(C)n1. The first-order valence-corrected chi connectivity index (χ1v) is 6.79. The summed E-state index contributed by atoms with van der Waals surface area (Å²) < 4.78 is 1.95. The van der Waals surface area contributed by atoms with Gasteiger partial charge in [-0.05, 0) is 18.9 Å². The monoisotopic (exact) mass is 268 g/mol. The predicted molar refractivity (Wildman–Crippen MR) is 79.5 cm³/mol. The van der Waals surface area contributed by atoms with Gasteiger partial charge in [0.25, 0.3) is 0 Å². The molecule has 1 aromatic rings. The molecule has 0 atom stereocenters. The van der Waals surface area contributed by atoms with Crippen molar-refractivity contribution in [3.63, 3.8) is 0 Å². The van der Waals surface area contributed by atoms with E-state index in [0.29, 0.717) is 10.9 Å². The van der Waals surface area contributed by atoms with Crippen molar-refractivity contribution in [3.05, 3.63) is 17.5 Å². The molecule has 0 aliphatic carbocycles. The van der Waals surface area contributed by atoms with Gasteiger partial charge >= 0.3 is 0 Å². The molecule has 1 rings (SSSR count). The molecule has 4 nitrogen and oxygen atoms in total. The lowest BCUT2D eigenvalue weighted by atomic mass is 10.2. The molecule has 0 aliphatic rings. The molecule has 102 valence electrons. The second kappa shape index (κ2) is 6.85. The zero-order valence-corrected chi connectivity index (χ0v) is 12.6. The molecule has 18 heavy (non-hydrogen) atoms. The van der Waals surface area contributed by atoms with Gasteiger partial charge in [-0.25, -0.2) is 0 Å². The van der Waals surface area contributed by atoms with Gasteiger partial charge in [0.2, 0.25) is 0 Å². The number of hydrogen-bond acceptors (Lipinski definition) is 3. The van der Waals surface area contributed by atoms with Gasteiger partial charge in [-0.15, -0.1) is 0 Å². The fourth-order valence-electron chi connectivity index (χ4n) is 2.06. The molecule has 1 heterocycles. The van der Waals surface area contributed by atoms with Crippen LogP contribution in [0.3, 0.4) is 0 Å². The highest BCUT2D eigenvalue weighted by molar-refractivity contribution is 7.80. The third-order valence-corrected chi connectivity index (χ3v) is 2.99. The molecule has 1 aromatic heterocycles. The highest BCUT2D eigenvalue weighted by Gasteiger charge is 2.11. The molecule has 0 unspecified atom stereocenters. The van der Waals surface area contributed by atoms with E-state index in [1.807, 2.05) is 18.7 Å². The summed E-state index contributed by atoms with van der Waals surface area (Å²) >= 11 is 4.96. The molecular weight excluding hydrogens is 244 g/mol. The Morgan fingerprint density at radius 2 is 2.22 bits per heavy atom.